The van der Waals surface area contributed by atoms with Gasteiger partial charge in [-0.15, -0.1) is 0 Å². The van der Waals surface area contributed by atoms with Crippen molar-refractivity contribution in [1.82, 2.24) is 4.90 Å². The predicted octanol–water partition coefficient (Wildman–Crippen LogP) is 2.30. The van der Waals surface area contributed by atoms with E-state index in [-0.39, 0.29) is 17.9 Å². The standard InChI is InChI=1S/C14H12BrNO4/c15-8-2-4-10-11(6-8)13(18)16(12(10)17)9-3-1-7(5-9)14(19)20/h2,4,6-7,9H,1,3,5H2,(H,19,20). The first-order valence-corrected chi connectivity index (χ1v) is 7.18. The minimum atomic E-state index is -0.855. The molecule has 104 valence electrons. The summed E-state index contributed by atoms with van der Waals surface area (Å²) in [6.45, 7) is 0. The first kappa shape index (κ1) is 13.3. The zero-order valence-electron chi connectivity index (χ0n) is 10.5. The van der Waals surface area contributed by atoms with Crippen LogP contribution in [0.15, 0.2) is 22.7 Å². The minimum Gasteiger partial charge on any atom is -0.481 e. The molecule has 2 aliphatic rings. The van der Waals surface area contributed by atoms with Crippen LogP contribution in [0.4, 0.5) is 0 Å². The molecule has 2 amide bonds. The van der Waals surface area contributed by atoms with Crippen LogP contribution in [0.5, 0.6) is 0 Å². The maximum Gasteiger partial charge on any atom is 0.306 e. The van der Waals surface area contributed by atoms with Gasteiger partial charge in [0.05, 0.1) is 17.0 Å². The second kappa shape index (κ2) is 4.70. The van der Waals surface area contributed by atoms with Crippen molar-refractivity contribution in [3.05, 3.63) is 33.8 Å². The maximum absolute atomic E-state index is 12.4. The Morgan fingerprint density at radius 3 is 2.55 bits per heavy atom. The number of imide groups is 1. The lowest BCUT2D eigenvalue weighted by Gasteiger charge is -2.21. The largest absolute Gasteiger partial charge is 0.481 e. The van der Waals surface area contributed by atoms with Crippen LogP contribution in [-0.4, -0.2) is 33.8 Å². The monoisotopic (exact) mass is 337 g/mol. The fourth-order valence-electron chi connectivity index (χ4n) is 2.98. The van der Waals surface area contributed by atoms with Crippen molar-refractivity contribution < 1.29 is 19.5 Å². The summed E-state index contributed by atoms with van der Waals surface area (Å²) < 4.78 is 0.745. The van der Waals surface area contributed by atoms with E-state index < -0.39 is 11.9 Å². The van der Waals surface area contributed by atoms with Gasteiger partial charge in [0.15, 0.2) is 0 Å². The van der Waals surface area contributed by atoms with E-state index in [9.17, 15) is 14.4 Å². The van der Waals surface area contributed by atoms with E-state index in [4.69, 9.17) is 5.11 Å². The number of halogens is 1. The van der Waals surface area contributed by atoms with E-state index >= 15 is 0 Å². The average Bonchev–Trinajstić information content (AvgIpc) is 2.95. The topological polar surface area (TPSA) is 74.7 Å². The zero-order valence-corrected chi connectivity index (χ0v) is 12.1. The van der Waals surface area contributed by atoms with Gasteiger partial charge in [0.25, 0.3) is 11.8 Å². The Balaban J connectivity index is 1.89. The highest BCUT2D eigenvalue weighted by Crippen LogP contribution is 2.35. The van der Waals surface area contributed by atoms with Crippen LogP contribution in [-0.2, 0) is 4.79 Å². The van der Waals surface area contributed by atoms with Gasteiger partial charge in [-0.25, -0.2) is 0 Å². The summed E-state index contributed by atoms with van der Waals surface area (Å²) in [6, 6.07) is 4.69. The molecule has 20 heavy (non-hydrogen) atoms. The van der Waals surface area contributed by atoms with Gasteiger partial charge in [-0.3, -0.25) is 19.3 Å². The smallest absolute Gasteiger partial charge is 0.306 e. The number of fused-ring (bicyclic) bond motifs is 1. The molecule has 0 aromatic heterocycles. The number of carbonyl (C=O) groups excluding carboxylic acids is 2. The van der Waals surface area contributed by atoms with Crippen molar-refractivity contribution in [1.29, 1.82) is 0 Å². The Hall–Kier alpha value is -1.69. The Morgan fingerprint density at radius 2 is 1.90 bits per heavy atom. The van der Waals surface area contributed by atoms with E-state index in [2.05, 4.69) is 15.9 Å². The van der Waals surface area contributed by atoms with Crippen molar-refractivity contribution >= 4 is 33.7 Å². The van der Waals surface area contributed by atoms with E-state index in [1.807, 2.05) is 0 Å². The van der Waals surface area contributed by atoms with E-state index in [0.717, 1.165) is 4.47 Å². The first-order valence-electron chi connectivity index (χ1n) is 6.39. The summed E-state index contributed by atoms with van der Waals surface area (Å²) in [6.07, 6.45) is 1.42. The molecule has 5 nitrogen and oxygen atoms in total. The number of benzene rings is 1. The average molecular weight is 338 g/mol. The maximum atomic E-state index is 12.4. The van der Waals surface area contributed by atoms with Crippen LogP contribution >= 0.6 is 15.9 Å². The highest BCUT2D eigenvalue weighted by molar-refractivity contribution is 9.10. The molecule has 3 rings (SSSR count). The number of nitrogens with zero attached hydrogens (tertiary/aromatic N) is 1. The number of carboxylic acids is 1. The van der Waals surface area contributed by atoms with Crippen molar-refractivity contribution in [3.8, 4) is 0 Å². The van der Waals surface area contributed by atoms with Gasteiger partial charge in [-0.05, 0) is 37.5 Å². The SMILES string of the molecule is O=C(O)C1CCC(N2C(=O)c3ccc(Br)cc3C2=O)C1. The Kier molecular flexibility index (Phi) is 3.12. The van der Waals surface area contributed by atoms with E-state index in [1.54, 1.807) is 18.2 Å². The van der Waals surface area contributed by atoms with Crippen LogP contribution in [0.25, 0.3) is 0 Å². The van der Waals surface area contributed by atoms with Crippen LogP contribution in [0.1, 0.15) is 40.0 Å². The molecule has 0 saturated heterocycles. The fraction of sp³-hybridized carbons (Fsp3) is 0.357. The molecule has 1 fully saturated rings. The lowest BCUT2D eigenvalue weighted by Crippen LogP contribution is -2.38. The summed E-state index contributed by atoms with van der Waals surface area (Å²) in [7, 11) is 0. The van der Waals surface area contributed by atoms with Crippen molar-refractivity contribution in [2.75, 3.05) is 0 Å². The Labute approximate surface area is 123 Å². The van der Waals surface area contributed by atoms with Crippen LogP contribution < -0.4 is 0 Å². The molecule has 0 radical (unpaired) electrons. The fourth-order valence-corrected chi connectivity index (χ4v) is 3.34. The highest BCUT2D eigenvalue weighted by atomic mass is 79.9. The summed E-state index contributed by atoms with van der Waals surface area (Å²) in [4.78, 5) is 36.9. The van der Waals surface area contributed by atoms with Gasteiger partial charge in [0.2, 0.25) is 0 Å². The summed E-state index contributed by atoms with van der Waals surface area (Å²) in [5, 5.41) is 9.02. The van der Waals surface area contributed by atoms with Crippen LogP contribution in [0.3, 0.4) is 0 Å². The quantitative estimate of drug-likeness (QED) is 0.840. The van der Waals surface area contributed by atoms with Crippen molar-refractivity contribution in [2.24, 2.45) is 5.92 Å². The van der Waals surface area contributed by atoms with Gasteiger partial charge >= 0.3 is 5.97 Å². The molecule has 1 aromatic carbocycles. The summed E-state index contributed by atoms with van der Waals surface area (Å²) in [5.41, 5.74) is 0.792. The normalized spacial score (nSPS) is 25.1. The van der Waals surface area contributed by atoms with Crippen LogP contribution in [0.2, 0.25) is 0 Å². The van der Waals surface area contributed by atoms with Crippen molar-refractivity contribution in [2.45, 2.75) is 25.3 Å². The molecule has 2 atom stereocenters. The summed E-state index contributed by atoms with van der Waals surface area (Å²) in [5.74, 6) is -1.95. The van der Waals surface area contributed by atoms with Crippen LogP contribution in [0, 0.1) is 5.92 Å². The number of carbonyl (C=O) groups is 3. The molecule has 0 bridgehead atoms. The molecular formula is C14H12BrNO4. The third kappa shape index (κ3) is 1.95. The second-order valence-electron chi connectivity index (χ2n) is 5.17. The van der Waals surface area contributed by atoms with Gasteiger partial charge in [0, 0.05) is 10.5 Å². The number of aliphatic carboxylic acids is 1. The molecule has 1 aliphatic heterocycles. The highest BCUT2D eigenvalue weighted by Gasteiger charge is 2.43. The number of carboxylic acid groups (broad SMARTS) is 1. The lowest BCUT2D eigenvalue weighted by atomic mass is 10.1. The third-order valence-corrected chi connectivity index (χ3v) is 4.49. The van der Waals surface area contributed by atoms with Gasteiger partial charge in [-0.2, -0.15) is 0 Å². The van der Waals surface area contributed by atoms with E-state index in [0.29, 0.717) is 30.4 Å². The van der Waals surface area contributed by atoms with Gasteiger partial charge in [-0.1, -0.05) is 15.9 Å². The van der Waals surface area contributed by atoms with Gasteiger partial charge < -0.3 is 5.11 Å². The minimum absolute atomic E-state index is 0.303. The first-order chi connectivity index (χ1) is 9.49. The molecule has 0 spiro atoms. The Morgan fingerprint density at radius 1 is 1.20 bits per heavy atom. The number of amides is 2. The van der Waals surface area contributed by atoms with Crippen molar-refractivity contribution in [3.63, 3.8) is 0 Å². The zero-order chi connectivity index (χ0) is 14.4. The number of hydrogen-bond acceptors (Lipinski definition) is 3. The molecular weight excluding hydrogens is 326 g/mol. The second-order valence-corrected chi connectivity index (χ2v) is 6.09. The van der Waals surface area contributed by atoms with Gasteiger partial charge in [0.1, 0.15) is 0 Å². The molecule has 1 heterocycles. The van der Waals surface area contributed by atoms with E-state index in [1.165, 1.54) is 4.90 Å². The number of hydrogen-bond donors (Lipinski definition) is 1. The Bertz CT molecular complexity index is 628. The molecule has 1 saturated carbocycles. The molecule has 1 aromatic rings. The lowest BCUT2D eigenvalue weighted by molar-refractivity contribution is -0.141. The molecule has 1 N–H and O–H groups in total. The molecule has 6 heteroatoms. The third-order valence-electron chi connectivity index (χ3n) is 4.00. The summed E-state index contributed by atoms with van der Waals surface area (Å²) >= 11 is 3.28. The molecule has 1 aliphatic carbocycles. The number of rotatable bonds is 2. The predicted molar refractivity (Wildman–Crippen MR) is 73.4 cm³/mol. The molecule has 2 unspecified atom stereocenters.